The number of fused-ring (bicyclic) bond motifs is 3. The fourth-order valence-corrected chi connectivity index (χ4v) is 5.75. The van der Waals surface area contributed by atoms with Crippen LogP contribution in [-0.4, -0.2) is 52.4 Å². The van der Waals surface area contributed by atoms with E-state index in [4.69, 9.17) is 9.47 Å². The Morgan fingerprint density at radius 2 is 1.38 bits per heavy atom. The zero-order valence-corrected chi connectivity index (χ0v) is 23.7. The van der Waals surface area contributed by atoms with E-state index in [0.29, 0.717) is 11.0 Å². The van der Waals surface area contributed by atoms with Crippen molar-refractivity contribution < 1.29 is 19.1 Å². The molecule has 0 fully saturated rings. The molecule has 0 heterocycles. The van der Waals surface area contributed by atoms with Gasteiger partial charge in [-0.05, 0) is 0 Å². The number of carbonyl (C=O) groups excluding carboxylic acids is 2. The molecule has 0 saturated heterocycles. The van der Waals surface area contributed by atoms with Crippen molar-refractivity contribution in [2.75, 3.05) is 13.7 Å². The Morgan fingerprint density at radius 3 is 1.98 bits per heavy atom. The molecule has 0 unspecified atom stereocenters. The Hall–Kier alpha value is -4.19. The average molecular weight is 597 g/mol. The predicted octanol–water partition coefficient (Wildman–Crippen LogP) is 5.62. The maximum absolute atomic E-state index is 13.2. The summed E-state index contributed by atoms with van der Waals surface area (Å²) < 4.78 is 11.3. The van der Waals surface area contributed by atoms with E-state index < -0.39 is 24.1 Å². The van der Waals surface area contributed by atoms with Gasteiger partial charge in [0.25, 0.3) is 0 Å². The number of carbonyl (C=O) groups is 2. The number of rotatable bonds is 9. The van der Waals surface area contributed by atoms with E-state index >= 15 is 0 Å². The molecule has 1 amide bonds. The number of alkyl carbamates (subject to hydrolysis) is 1. The number of benzene rings is 4. The summed E-state index contributed by atoms with van der Waals surface area (Å²) in [6.45, 7) is 0.195. The van der Waals surface area contributed by atoms with Gasteiger partial charge in [-0.15, -0.1) is 0 Å². The minimum absolute atomic E-state index is 0.0516. The molecule has 1 aliphatic carbocycles. The molecule has 4 aromatic rings. The number of amides is 1. The van der Waals surface area contributed by atoms with Crippen LogP contribution in [0.5, 0.6) is 0 Å². The first-order chi connectivity index (χ1) is 19.5. The normalized spacial score (nSPS) is 14.0. The van der Waals surface area contributed by atoms with Crippen LogP contribution in [0.25, 0.3) is 11.1 Å². The standard InChI is InChI=1S/C33H29N2O4Se/c1-38-32(36)29(20-22-12-4-2-5-13-22)34-31(40)30(23-14-6-3-7-15-23)35-33(37)39-21-28-26-18-10-8-16-24(26)25-17-9-11-19-27(25)28/h2-19,28-30H,20-21H2,1H3,(H,35,37)/t29-,30+/m0/s1. The van der Waals surface area contributed by atoms with Crippen LogP contribution in [0.2, 0.25) is 0 Å². The second-order valence-electron chi connectivity index (χ2n) is 9.51. The van der Waals surface area contributed by atoms with Crippen molar-refractivity contribution in [2.45, 2.75) is 24.4 Å². The van der Waals surface area contributed by atoms with E-state index in [9.17, 15) is 9.59 Å². The van der Waals surface area contributed by atoms with Gasteiger partial charge in [-0.25, -0.2) is 0 Å². The fraction of sp³-hybridized carbons (Fsp3) is 0.182. The van der Waals surface area contributed by atoms with Gasteiger partial charge in [-0.3, -0.25) is 0 Å². The summed E-state index contributed by atoms with van der Waals surface area (Å²) in [5, 5.41) is 2.96. The Morgan fingerprint density at radius 1 is 0.825 bits per heavy atom. The molecule has 1 N–H and O–H groups in total. The van der Waals surface area contributed by atoms with Gasteiger partial charge in [0.15, 0.2) is 0 Å². The first kappa shape index (κ1) is 27.4. The summed E-state index contributed by atoms with van der Waals surface area (Å²) in [7, 11) is 1.35. The van der Waals surface area contributed by atoms with Crippen molar-refractivity contribution in [3.05, 3.63) is 131 Å². The van der Waals surface area contributed by atoms with Crippen molar-refractivity contribution in [1.82, 2.24) is 5.32 Å². The minimum atomic E-state index is -0.779. The molecule has 40 heavy (non-hydrogen) atoms. The third-order valence-corrected chi connectivity index (χ3v) is 7.73. The van der Waals surface area contributed by atoms with Gasteiger partial charge in [0, 0.05) is 0 Å². The van der Waals surface area contributed by atoms with Crippen molar-refractivity contribution in [3.63, 3.8) is 0 Å². The number of ether oxygens (including phenoxy) is 2. The molecule has 0 bridgehead atoms. The number of hydrogen-bond donors (Lipinski definition) is 1. The number of nitrogens with zero attached hydrogens (tertiary/aromatic N) is 1. The van der Waals surface area contributed by atoms with Crippen LogP contribution in [0.3, 0.4) is 0 Å². The van der Waals surface area contributed by atoms with Gasteiger partial charge in [0.1, 0.15) is 0 Å². The van der Waals surface area contributed by atoms with Crippen LogP contribution < -0.4 is 5.32 Å². The van der Waals surface area contributed by atoms with Crippen molar-refractivity contribution in [3.8, 4) is 11.1 Å². The molecule has 0 aromatic heterocycles. The molecule has 4 aromatic carbocycles. The summed E-state index contributed by atoms with van der Waals surface area (Å²) >= 11 is 2.97. The molecule has 1 aliphatic rings. The summed E-state index contributed by atoms with van der Waals surface area (Å²) in [6, 6.07) is 34.1. The van der Waals surface area contributed by atoms with E-state index in [1.165, 1.54) is 18.2 Å². The molecule has 6 nitrogen and oxygen atoms in total. The first-order valence-corrected chi connectivity index (χ1v) is 13.9. The Labute approximate surface area is 242 Å². The van der Waals surface area contributed by atoms with Gasteiger partial charge < -0.3 is 0 Å². The number of methoxy groups -OCH3 is 1. The van der Waals surface area contributed by atoms with E-state index in [-0.39, 0.29) is 12.5 Å². The van der Waals surface area contributed by atoms with Crippen LogP contribution in [0.15, 0.2) is 114 Å². The van der Waals surface area contributed by atoms with Crippen molar-refractivity contribution >= 4 is 32.7 Å². The predicted molar refractivity (Wildman–Crippen MR) is 157 cm³/mol. The Kier molecular flexibility index (Phi) is 8.74. The number of aliphatic imine (C=N–C) groups is 1. The molecule has 0 saturated carbocycles. The van der Waals surface area contributed by atoms with Crippen LogP contribution in [0.1, 0.15) is 34.2 Å². The monoisotopic (exact) mass is 597 g/mol. The second kappa shape index (κ2) is 12.8. The van der Waals surface area contributed by atoms with E-state index in [1.54, 1.807) is 0 Å². The van der Waals surface area contributed by atoms with Gasteiger partial charge in [0.2, 0.25) is 0 Å². The van der Waals surface area contributed by atoms with Crippen LogP contribution >= 0.6 is 0 Å². The van der Waals surface area contributed by atoms with E-state index in [1.807, 2.05) is 84.9 Å². The summed E-state index contributed by atoms with van der Waals surface area (Å²) in [5.74, 6) is -0.506. The first-order valence-electron chi connectivity index (χ1n) is 13.1. The van der Waals surface area contributed by atoms with Gasteiger partial charge >= 0.3 is 243 Å². The molecule has 5 rings (SSSR count). The summed E-state index contributed by atoms with van der Waals surface area (Å²) in [5.41, 5.74) is 6.37. The Bertz CT molecular complexity index is 1460. The number of hydrogen-bond acceptors (Lipinski definition) is 5. The van der Waals surface area contributed by atoms with E-state index in [0.717, 1.165) is 22.3 Å². The maximum atomic E-state index is 13.2. The molecule has 201 valence electrons. The SMILES string of the molecule is COC(=O)[C@H](Cc1ccccc1)N=C([Se])[C@H](NC(=O)OCC1c2ccccc2-c2ccccc21)c1ccccc1. The molecule has 7 heteroatoms. The zero-order chi connectivity index (χ0) is 27.9. The third-order valence-electron chi connectivity index (χ3n) is 7.01. The van der Waals surface area contributed by atoms with Crippen molar-refractivity contribution in [2.24, 2.45) is 4.99 Å². The quantitative estimate of drug-likeness (QED) is 0.155. The topological polar surface area (TPSA) is 77.0 Å². The van der Waals surface area contributed by atoms with Crippen LogP contribution in [0.4, 0.5) is 4.79 Å². The van der Waals surface area contributed by atoms with E-state index in [2.05, 4.69) is 50.6 Å². The summed E-state index contributed by atoms with van der Waals surface area (Å²) in [4.78, 5) is 30.5. The third kappa shape index (κ3) is 6.17. The van der Waals surface area contributed by atoms with Crippen LogP contribution in [-0.2, 0) is 20.7 Å². The number of esters is 1. The van der Waals surface area contributed by atoms with Gasteiger partial charge in [0.05, 0.1) is 0 Å². The molecule has 2 atom stereocenters. The summed E-state index contributed by atoms with van der Waals surface area (Å²) in [6.07, 6.45) is -0.207. The molecule has 0 spiro atoms. The van der Waals surface area contributed by atoms with Gasteiger partial charge in [-0.2, -0.15) is 0 Å². The Balaban J connectivity index is 1.35. The molecular formula is C33H29N2O4Se. The average Bonchev–Trinajstić information content (AvgIpc) is 3.32. The molecule has 0 aliphatic heterocycles. The zero-order valence-electron chi connectivity index (χ0n) is 22.0. The van der Waals surface area contributed by atoms with Crippen LogP contribution in [0, 0.1) is 0 Å². The van der Waals surface area contributed by atoms with Gasteiger partial charge in [-0.1, -0.05) is 0 Å². The number of nitrogens with one attached hydrogen (secondary N) is 1. The fourth-order valence-electron chi connectivity index (χ4n) is 5.07. The second-order valence-corrected chi connectivity index (χ2v) is 10.4. The van der Waals surface area contributed by atoms with Crippen molar-refractivity contribution in [1.29, 1.82) is 0 Å². The molecular weight excluding hydrogens is 567 g/mol. The molecule has 1 radical (unpaired) electrons.